The molecule has 0 fully saturated rings. The number of aromatic nitrogens is 2. The van der Waals surface area contributed by atoms with Crippen LogP contribution in [-0.2, 0) is 6.42 Å². The fraction of sp³-hybridized carbons (Fsp3) is 0.667. The first-order valence-electron chi connectivity index (χ1n) is 6.02. The van der Waals surface area contributed by atoms with Crippen molar-refractivity contribution in [3.63, 3.8) is 0 Å². The Balaban J connectivity index is 3.22. The number of hydrogen-bond acceptors (Lipinski definition) is 5. The third-order valence-corrected chi connectivity index (χ3v) is 3.50. The Hall–Kier alpha value is -1.36. The minimum absolute atomic E-state index is 0.0597. The van der Waals surface area contributed by atoms with Gasteiger partial charge in [-0.1, -0.05) is 13.8 Å². The van der Waals surface area contributed by atoms with Crippen molar-refractivity contribution >= 4 is 11.6 Å². The van der Waals surface area contributed by atoms with Gasteiger partial charge in [0.15, 0.2) is 0 Å². The summed E-state index contributed by atoms with van der Waals surface area (Å²) in [5, 5.41) is 0. The molecule has 5 nitrogen and oxygen atoms in total. The number of anilines is 2. The van der Waals surface area contributed by atoms with Gasteiger partial charge in [0.2, 0.25) is 0 Å². The van der Waals surface area contributed by atoms with E-state index >= 15 is 0 Å². The second kappa shape index (κ2) is 5.31. The van der Waals surface area contributed by atoms with Gasteiger partial charge in [-0.2, -0.15) is 0 Å². The number of nitrogen functional groups attached to an aromatic ring is 1. The van der Waals surface area contributed by atoms with Crippen molar-refractivity contribution in [2.24, 2.45) is 5.84 Å². The lowest BCUT2D eigenvalue weighted by Gasteiger charge is -2.37. The lowest BCUT2D eigenvalue weighted by Crippen LogP contribution is -2.41. The third-order valence-electron chi connectivity index (χ3n) is 3.50. The lowest BCUT2D eigenvalue weighted by atomic mass is 9.99. The van der Waals surface area contributed by atoms with Gasteiger partial charge < -0.3 is 10.3 Å². The van der Waals surface area contributed by atoms with Crippen molar-refractivity contribution in [2.45, 2.75) is 46.1 Å². The Labute approximate surface area is 103 Å². The van der Waals surface area contributed by atoms with Gasteiger partial charge in [0.25, 0.3) is 0 Å². The van der Waals surface area contributed by atoms with E-state index in [0.717, 1.165) is 24.2 Å². The summed E-state index contributed by atoms with van der Waals surface area (Å²) < 4.78 is 0. The highest BCUT2D eigenvalue weighted by Crippen LogP contribution is 2.28. The van der Waals surface area contributed by atoms with Crippen LogP contribution < -0.4 is 16.2 Å². The molecular formula is C12H23N5. The Morgan fingerprint density at radius 2 is 2.00 bits per heavy atom. The molecule has 0 bridgehead atoms. The highest BCUT2D eigenvalue weighted by atomic mass is 15.3. The number of rotatable bonds is 5. The van der Waals surface area contributed by atoms with E-state index in [9.17, 15) is 0 Å². The van der Waals surface area contributed by atoms with Crippen LogP contribution in [0.3, 0.4) is 0 Å². The van der Waals surface area contributed by atoms with Crippen molar-refractivity contribution in [3.8, 4) is 0 Å². The number of nitrogens with zero attached hydrogens (tertiary/aromatic N) is 3. The summed E-state index contributed by atoms with van der Waals surface area (Å²) >= 11 is 0. The molecular weight excluding hydrogens is 214 g/mol. The molecule has 0 unspecified atom stereocenters. The highest BCUT2D eigenvalue weighted by molar-refractivity contribution is 5.59. The average Bonchev–Trinajstić information content (AvgIpc) is 2.36. The van der Waals surface area contributed by atoms with Crippen molar-refractivity contribution < 1.29 is 0 Å². The standard InChI is InChI=1S/C12H23N5/c1-6-9-10(16-13)14-8-15-11(9)17(5)12(3,4)7-2/h8H,6-7,13H2,1-5H3,(H,14,15,16). The molecule has 3 N–H and O–H groups in total. The van der Waals surface area contributed by atoms with E-state index in [1.165, 1.54) is 0 Å². The number of nitrogens with one attached hydrogen (secondary N) is 1. The summed E-state index contributed by atoms with van der Waals surface area (Å²) in [4.78, 5) is 10.7. The van der Waals surface area contributed by atoms with Gasteiger partial charge in [-0.15, -0.1) is 0 Å². The number of nitrogens with two attached hydrogens (primary N) is 1. The van der Waals surface area contributed by atoms with E-state index < -0.39 is 0 Å². The second-order valence-corrected chi connectivity index (χ2v) is 4.75. The van der Waals surface area contributed by atoms with Gasteiger partial charge in [-0.3, -0.25) is 0 Å². The topological polar surface area (TPSA) is 67.1 Å². The molecule has 0 aliphatic rings. The first-order chi connectivity index (χ1) is 7.97. The molecule has 96 valence electrons. The van der Waals surface area contributed by atoms with Crippen LogP contribution in [0.25, 0.3) is 0 Å². The van der Waals surface area contributed by atoms with Crippen molar-refractivity contribution in [1.29, 1.82) is 0 Å². The quantitative estimate of drug-likeness (QED) is 0.605. The molecule has 0 radical (unpaired) electrons. The maximum absolute atomic E-state index is 5.48. The molecule has 0 aliphatic carbocycles. The average molecular weight is 237 g/mol. The number of hydrazine groups is 1. The van der Waals surface area contributed by atoms with Gasteiger partial charge in [0.1, 0.15) is 18.0 Å². The molecule has 0 amide bonds. The van der Waals surface area contributed by atoms with Crippen LogP contribution in [0.1, 0.15) is 39.7 Å². The van der Waals surface area contributed by atoms with E-state index in [0.29, 0.717) is 5.82 Å². The molecule has 1 heterocycles. The smallest absolute Gasteiger partial charge is 0.148 e. The van der Waals surface area contributed by atoms with Crippen molar-refractivity contribution in [3.05, 3.63) is 11.9 Å². The minimum atomic E-state index is 0.0597. The van der Waals surface area contributed by atoms with E-state index in [2.05, 4.69) is 55.0 Å². The zero-order valence-electron chi connectivity index (χ0n) is 11.4. The Kier molecular flexibility index (Phi) is 4.28. The van der Waals surface area contributed by atoms with Gasteiger partial charge in [-0.25, -0.2) is 15.8 Å². The van der Waals surface area contributed by atoms with Crippen molar-refractivity contribution in [1.82, 2.24) is 9.97 Å². The molecule has 1 aromatic rings. The summed E-state index contributed by atoms with van der Waals surface area (Å²) in [6.45, 7) is 8.65. The normalized spacial score (nSPS) is 11.4. The minimum Gasteiger partial charge on any atom is -0.354 e. The van der Waals surface area contributed by atoms with Crippen LogP contribution in [-0.4, -0.2) is 22.6 Å². The predicted octanol–water partition coefficient (Wildman–Crippen LogP) is 1.95. The van der Waals surface area contributed by atoms with Crippen LogP contribution >= 0.6 is 0 Å². The summed E-state index contributed by atoms with van der Waals surface area (Å²) in [6, 6.07) is 0. The zero-order valence-corrected chi connectivity index (χ0v) is 11.4. The molecule has 1 rings (SSSR count). The molecule has 0 aliphatic heterocycles. The molecule has 0 saturated carbocycles. The fourth-order valence-corrected chi connectivity index (χ4v) is 1.67. The molecule has 1 aromatic heterocycles. The zero-order chi connectivity index (χ0) is 13.1. The van der Waals surface area contributed by atoms with Crippen LogP contribution in [0.2, 0.25) is 0 Å². The highest BCUT2D eigenvalue weighted by Gasteiger charge is 2.25. The summed E-state index contributed by atoms with van der Waals surface area (Å²) in [5.41, 5.74) is 3.75. The Morgan fingerprint density at radius 3 is 2.47 bits per heavy atom. The molecule has 0 aromatic carbocycles. The van der Waals surface area contributed by atoms with Crippen LogP contribution in [0.5, 0.6) is 0 Å². The molecule has 0 atom stereocenters. The summed E-state index contributed by atoms with van der Waals surface area (Å²) in [6.07, 6.45) is 3.44. The van der Waals surface area contributed by atoms with E-state index in [1.54, 1.807) is 6.33 Å². The Bertz CT molecular complexity index is 375. The fourth-order valence-electron chi connectivity index (χ4n) is 1.67. The molecule has 0 saturated heterocycles. The van der Waals surface area contributed by atoms with Crippen LogP contribution in [0.4, 0.5) is 11.6 Å². The largest absolute Gasteiger partial charge is 0.354 e. The maximum Gasteiger partial charge on any atom is 0.148 e. The van der Waals surface area contributed by atoms with E-state index in [-0.39, 0.29) is 5.54 Å². The van der Waals surface area contributed by atoms with Gasteiger partial charge in [-0.05, 0) is 26.7 Å². The summed E-state index contributed by atoms with van der Waals surface area (Å²) in [5.74, 6) is 7.13. The van der Waals surface area contributed by atoms with Gasteiger partial charge in [0, 0.05) is 18.2 Å². The van der Waals surface area contributed by atoms with E-state index in [4.69, 9.17) is 5.84 Å². The first kappa shape index (κ1) is 13.7. The van der Waals surface area contributed by atoms with Crippen LogP contribution in [0.15, 0.2) is 6.33 Å². The molecule has 5 heteroatoms. The monoisotopic (exact) mass is 237 g/mol. The summed E-state index contributed by atoms with van der Waals surface area (Å²) in [7, 11) is 2.06. The molecule has 0 spiro atoms. The third kappa shape index (κ3) is 2.66. The SMILES string of the molecule is CCc1c(NN)ncnc1N(C)C(C)(C)CC. The predicted molar refractivity (Wildman–Crippen MR) is 72.0 cm³/mol. The lowest BCUT2D eigenvalue weighted by molar-refractivity contribution is 0.466. The van der Waals surface area contributed by atoms with Crippen molar-refractivity contribution in [2.75, 3.05) is 17.4 Å². The Morgan fingerprint density at radius 1 is 1.35 bits per heavy atom. The first-order valence-corrected chi connectivity index (χ1v) is 6.02. The molecule has 17 heavy (non-hydrogen) atoms. The number of hydrogen-bond donors (Lipinski definition) is 2. The van der Waals surface area contributed by atoms with Gasteiger partial charge in [0.05, 0.1) is 0 Å². The second-order valence-electron chi connectivity index (χ2n) is 4.75. The maximum atomic E-state index is 5.48. The van der Waals surface area contributed by atoms with Gasteiger partial charge >= 0.3 is 0 Å². The van der Waals surface area contributed by atoms with Crippen LogP contribution in [0, 0.1) is 0 Å². The van der Waals surface area contributed by atoms with E-state index in [1.807, 2.05) is 0 Å².